The number of hydrogen-bond donors (Lipinski definition) is 1. The first kappa shape index (κ1) is 13.5. The second kappa shape index (κ2) is 6.31. The summed E-state index contributed by atoms with van der Waals surface area (Å²) >= 11 is 4.87. The van der Waals surface area contributed by atoms with E-state index in [1.54, 1.807) is 12.3 Å². The lowest BCUT2D eigenvalue weighted by Gasteiger charge is -2.14. The third-order valence-corrected chi connectivity index (χ3v) is 4.10. The molecule has 0 radical (unpaired) electrons. The van der Waals surface area contributed by atoms with Crippen molar-refractivity contribution in [3.8, 4) is 0 Å². The Morgan fingerprint density at radius 3 is 2.78 bits per heavy atom. The number of nitrogens with two attached hydrogens (primary N) is 1. The molecule has 2 N–H and O–H groups in total. The summed E-state index contributed by atoms with van der Waals surface area (Å²) in [5, 5.41) is 0.882. The average Bonchev–Trinajstić information content (AvgIpc) is 2.38. The molecule has 1 unspecified atom stereocenters. The van der Waals surface area contributed by atoms with E-state index >= 15 is 0 Å². The standard InChI is InChI=1S/C13H12BrFN2S/c14-10-4-5-13(17-8-10)18-12(7-16)9-2-1-3-11(15)6-9/h1-6,8,12H,7,16H2. The first-order valence-corrected chi connectivity index (χ1v) is 7.10. The fourth-order valence-electron chi connectivity index (χ4n) is 1.54. The van der Waals surface area contributed by atoms with Crippen LogP contribution in [0.5, 0.6) is 0 Å². The van der Waals surface area contributed by atoms with E-state index in [4.69, 9.17) is 5.73 Å². The van der Waals surface area contributed by atoms with Crippen molar-refractivity contribution in [2.75, 3.05) is 6.54 Å². The molecule has 2 rings (SSSR count). The Morgan fingerprint density at radius 1 is 1.33 bits per heavy atom. The molecule has 0 aliphatic rings. The molecule has 1 heterocycles. The van der Waals surface area contributed by atoms with E-state index < -0.39 is 0 Å². The molecular formula is C13H12BrFN2S. The quantitative estimate of drug-likeness (QED) is 0.869. The van der Waals surface area contributed by atoms with Gasteiger partial charge in [-0.3, -0.25) is 0 Å². The van der Waals surface area contributed by atoms with Crippen molar-refractivity contribution < 1.29 is 4.39 Å². The maximum absolute atomic E-state index is 13.2. The van der Waals surface area contributed by atoms with Crippen LogP contribution in [-0.2, 0) is 0 Å². The van der Waals surface area contributed by atoms with Crippen LogP contribution in [-0.4, -0.2) is 11.5 Å². The van der Waals surface area contributed by atoms with Gasteiger partial charge in [0.15, 0.2) is 0 Å². The van der Waals surface area contributed by atoms with Gasteiger partial charge < -0.3 is 5.73 Å². The van der Waals surface area contributed by atoms with Gasteiger partial charge in [0.1, 0.15) is 5.82 Å². The van der Waals surface area contributed by atoms with E-state index in [2.05, 4.69) is 20.9 Å². The molecule has 0 aliphatic heterocycles. The maximum atomic E-state index is 13.2. The number of benzene rings is 1. The van der Waals surface area contributed by atoms with Crippen LogP contribution in [0.2, 0.25) is 0 Å². The van der Waals surface area contributed by atoms with Gasteiger partial charge in [-0.05, 0) is 45.8 Å². The second-order valence-corrected chi connectivity index (χ2v) is 5.85. The van der Waals surface area contributed by atoms with E-state index in [1.807, 2.05) is 18.2 Å². The summed E-state index contributed by atoms with van der Waals surface area (Å²) in [5.74, 6) is -0.240. The molecule has 1 aromatic carbocycles. The molecule has 18 heavy (non-hydrogen) atoms. The van der Waals surface area contributed by atoms with Gasteiger partial charge in [-0.2, -0.15) is 0 Å². The van der Waals surface area contributed by atoms with Gasteiger partial charge in [-0.25, -0.2) is 9.37 Å². The molecule has 5 heteroatoms. The third-order valence-electron chi connectivity index (χ3n) is 2.40. The van der Waals surface area contributed by atoms with Crippen molar-refractivity contribution >= 4 is 27.7 Å². The van der Waals surface area contributed by atoms with Gasteiger partial charge in [0.05, 0.1) is 5.03 Å². The van der Waals surface area contributed by atoms with Gasteiger partial charge in [-0.15, -0.1) is 0 Å². The minimum Gasteiger partial charge on any atom is -0.329 e. The van der Waals surface area contributed by atoms with Crippen molar-refractivity contribution in [3.63, 3.8) is 0 Å². The van der Waals surface area contributed by atoms with Crippen molar-refractivity contribution in [3.05, 3.63) is 58.4 Å². The van der Waals surface area contributed by atoms with Gasteiger partial charge in [0.25, 0.3) is 0 Å². The lowest BCUT2D eigenvalue weighted by molar-refractivity contribution is 0.625. The van der Waals surface area contributed by atoms with Gasteiger partial charge in [0, 0.05) is 22.5 Å². The fourth-order valence-corrected chi connectivity index (χ4v) is 2.70. The highest BCUT2D eigenvalue weighted by Gasteiger charge is 2.12. The molecule has 1 atom stereocenters. The molecule has 0 amide bonds. The zero-order chi connectivity index (χ0) is 13.0. The van der Waals surface area contributed by atoms with E-state index in [9.17, 15) is 4.39 Å². The highest BCUT2D eigenvalue weighted by Crippen LogP contribution is 2.33. The monoisotopic (exact) mass is 326 g/mol. The summed E-state index contributed by atoms with van der Waals surface area (Å²) in [6.45, 7) is 0.436. The Bertz CT molecular complexity index is 519. The average molecular weight is 327 g/mol. The normalized spacial score (nSPS) is 12.4. The van der Waals surface area contributed by atoms with Crippen LogP contribution in [0.25, 0.3) is 0 Å². The molecule has 0 bridgehead atoms. The summed E-state index contributed by atoms with van der Waals surface area (Å²) in [7, 11) is 0. The van der Waals surface area contributed by atoms with Crippen LogP contribution < -0.4 is 5.73 Å². The second-order valence-electron chi connectivity index (χ2n) is 3.71. The lowest BCUT2D eigenvalue weighted by atomic mass is 10.1. The largest absolute Gasteiger partial charge is 0.329 e. The fraction of sp³-hybridized carbons (Fsp3) is 0.154. The number of hydrogen-bond acceptors (Lipinski definition) is 3. The van der Waals surface area contributed by atoms with Gasteiger partial charge >= 0.3 is 0 Å². The van der Waals surface area contributed by atoms with Crippen LogP contribution in [0.3, 0.4) is 0 Å². The van der Waals surface area contributed by atoms with E-state index in [0.29, 0.717) is 6.54 Å². The molecule has 0 saturated heterocycles. The summed E-state index contributed by atoms with van der Waals surface area (Å²) in [6, 6.07) is 10.4. The molecular weight excluding hydrogens is 315 g/mol. The number of halogens is 2. The van der Waals surface area contributed by atoms with Crippen LogP contribution in [0, 0.1) is 5.82 Å². The number of pyridine rings is 1. The minimum absolute atomic E-state index is 0.00868. The Hall–Kier alpha value is -0.910. The zero-order valence-electron chi connectivity index (χ0n) is 9.51. The van der Waals surface area contributed by atoms with E-state index in [-0.39, 0.29) is 11.1 Å². The highest BCUT2D eigenvalue weighted by molar-refractivity contribution is 9.10. The summed E-state index contributed by atoms with van der Waals surface area (Å²) in [4.78, 5) is 4.28. The molecule has 2 aromatic rings. The van der Waals surface area contributed by atoms with Crippen molar-refractivity contribution in [2.24, 2.45) is 5.73 Å². The molecule has 94 valence electrons. The van der Waals surface area contributed by atoms with Gasteiger partial charge in [-0.1, -0.05) is 23.9 Å². The van der Waals surface area contributed by atoms with Crippen LogP contribution in [0.4, 0.5) is 4.39 Å². The highest BCUT2D eigenvalue weighted by atomic mass is 79.9. The number of thioether (sulfide) groups is 1. The molecule has 2 nitrogen and oxygen atoms in total. The van der Waals surface area contributed by atoms with Crippen molar-refractivity contribution in [2.45, 2.75) is 10.3 Å². The lowest BCUT2D eigenvalue weighted by Crippen LogP contribution is -2.09. The number of rotatable bonds is 4. The smallest absolute Gasteiger partial charge is 0.123 e. The Morgan fingerprint density at radius 2 is 2.17 bits per heavy atom. The first-order valence-electron chi connectivity index (χ1n) is 5.43. The SMILES string of the molecule is NCC(Sc1ccc(Br)cn1)c1cccc(F)c1. The Balaban J connectivity index is 2.17. The summed E-state index contributed by atoms with van der Waals surface area (Å²) in [5.41, 5.74) is 6.63. The van der Waals surface area contributed by atoms with Crippen LogP contribution in [0.15, 0.2) is 52.1 Å². The Kier molecular flexibility index (Phi) is 4.74. The predicted molar refractivity (Wildman–Crippen MR) is 76.0 cm³/mol. The molecule has 0 aliphatic carbocycles. The van der Waals surface area contributed by atoms with Gasteiger partial charge in [0.2, 0.25) is 0 Å². The molecule has 0 saturated carbocycles. The predicted octanol–water partition coefficient (Wildman–Crippen LogP) is 3.78. The molecule has 1 aromatic heterocycles. The summed E-state index contributed by atoms with van der Waals surface area (Å²) < 4.78 is 14.1. The maximum Gasteiger partial charge on any atom is 0.123 e. The van der Waals surface area contributed by atoms with E-state index in [1.165, 1.54) is 23.9 Å². The molecule has 0 spiro atoms. The zero-order valence-corrected chi connectivity index (χ0v) is 11.9. The number of aromatic nitrogens is 1. The minimum atomic E-state index is -0.240. The van der Waals surface area contributed by atoms with Crippen molar-refractivity contribution in [1.29, 1.82) is 0 Å². The summed E-state index contributed by atoms with van der Waals surface area (Å²) in [6.07, 6.45) is 1.74. The van der Waals surface area contributed by atoms with Crippen LogP contribution in [0.1, 0.15) is 10.8 Å². The topological polar surface area (TPSA) is 38.9 Å². The Labute approximate surface area is 118 Å². The first-order chi connectivity index (χ1) is 8.69. The van der Waals surface area contributed by atoms with Crippen LogP contribution >= 0.6 is 27.7 Å². The van der Waals surface area contributed by atoms with E-state index in [0.717, 1.165) is 15.1 Å². The molecule has 0 fully saturated rings. The number of nitrogens with zero attached hydrogens (tertiary/aromatic N) is 1. The van der Waals surface area contributed by atoms with Crippen molar-refractivity contribution in [1.82, 2.24) is 4.98 Å². The third kappa shape index (κ3) is 3.54.